The third-order valence-electron chi connectivity index (χ3n) is 5.77. The van der Waals surface area contributed by atoms with Gasteiger partial charge in [0.15, 0.2) is 0 Å². The van der Waals surface area contributed by atoms with Crippen LogP contribution in [0.1, 0.15) is 47.7 Å². The van der Waals surface area contributed by atoms with Gasteiger partial charge in [-0.15, -0.1) is 0 Å². The highest BCUT2D eigenvalue weighted by molar-refractivity contribution is 5.92. The molecular formula is C22H27N5O2. The lowest BCUT2D eigenvalue weighted by molar-refractivity contribution is -0.129. The molecule has 0 aliphatic carbocycles. The van der Waals surface area contributed by atoms with E-state index in [2.05, 4.69) is 22.0 Å². The maximum absolute atomic E-state index is 12.6. The summed E-state index contributed by atoms with van der Waals surface area (Å²) < 4.78 is 0. The molecule has 0 N–H and O–H groups in total. The maximum atomic E-state index is 12.6. The fraction of sp³-hybridized carbons (Fsp3) is 0.455. The number of piperazine rings is 1. The Balaban J connectivity index is 1.47. The van der Waals surface area contributed by atoms with E-state index in [1.165, 1.54) is 0 Å². The Morgan fingerprint density at radius 3 is 2.55 bits per heavy atom. The number of likely N-dealkylation sites (tertiary alicyclic amines) is 1. The number of hydrogen-bond acceptors (Lipinski definition) is 5. The molecule has 2 amide bonds. The van der Waals surface area contributed by atoms with Crippen molar-refractivity contribution in [1.29, 1.82) is 0 Å². The molecule has 7 heteroatoms. The molecule has 0 aromatic carbocycles. The van der Waals surface area contributed by atoms with Crippen LogP contribution in [0.4, 0.5) is 5.69 Å². The standard InChI is InChI=1S/C22H27N5O2/c1-16-14-18(15-20(24-16)21-7-5-9-27(21)17(2)28)25-10-12-26(13-11-25)22(29)19-6-3-4-8-23-19/h3-4,6,8,14-15,21H,5,7,9-13H2,1-2H3. The number of carbonyl (C=O) groups excluding carboxylic acids is 2. The number of hydrogen-bond donors (Lipinski definition) is 0. The van der Waals surface area contributed by atoms with Crippen LogP contribution < -0.4 is 4.90 Å². The second-order valence-electron chi connectivity index (χ2n) is 7.76. The van der Waals surface area contributed by atoms with Gasteiger partial charge in [-0.3, -0.25) is 19.6 Å². The molecular weight excluding hydrogens is 366 g/mol. The first kappa shape index (κ1) is 19.4. The lowest BCUT2D eigenvalue weighted by Gasteiger charge is -2.36. The highest BCUT2D eigenvalue weighted by Crippen LogP contribution is 2.33. The lowest BCUT2D eigenvalue weighted by Crippen LogP contribution is -2.49. The number of pyridine rings is 2. The van der Waals surface area contributed by atoms with E-state index in [1.54, 1.807) is 19.2 Å². The van der Waals surface area contributed by atoms with Crippen molar-refractivity contribution in [1.82, 2.24) is 19.8 Å². The molecule has 2 saturated heterocycles. The van der Waals surface area contributed by atoms with Crippen LogP contribution in [0.15, 0.2) is 36.5 Å². The van der Waals surface area contributed by atoms with Gasteiger partial charge >= 0.3 is 0 Å². The van der Waals surface area contributed by atoms with Crippen molar-refractivity contribution in [2.75, 3.05) is 37.6 Å². The minimum Gasteiger partial charge on any atom is -0.368 e. The Morgan fingerprint density at radius 1 is 1.07 bits per heavy atom. The van der Waals surface area contributed by atoms with E-state index in [0.717, 1.165) is 49.6 Å². The molecule has 2 aliphatic heterocycles. The van der Waals surface area contributed by atoms with Crippen molar-refractivity contribution in [3.8, 4) is 0 Å². The van der Waals surface area contributed by atoms with E-state index in [4.69, 9.17) is 4.98 Å². The molecule has 1 unspecified atom stereocenters. The van der Waals surface area contributed by atoms with Crippen molar-refractivity contribution in [3.63, 3.8) is 0 Å². The van der Waals surface area contributed by atoms with Crippen LogP contribution in [-0.4, -0.2) is 64.3 Å². The largest absolute Gasteiger partial charge is 0.368 e. The summed E-state index contributed by atoms with van der Waals surface area (Å²) in [7, 11) is 0. The Labute approximate surface area is 171 Å². The number of aromatic nitrogens is 2. The fourth-order valence-electron chi connectivity index (χ4n) is 4.30. The van der Waals surface area contributed by atoms with Gasteiger partial charge in [-0.05, 0) is 44.0 Å². The average molecular weight is 393 g/mol. The van der Waals surface area contributed by atoms with E-state index < -0.39 is 0 Å². The summed E-state index contributed by atoms with van der Waals surface area (Å²) in [6, 6.07) is 9.69. The van der Waals surface area contributed by atoms with Crippen molar-refractivity contribution in [2.24, 2.45) is 0 Å². The van der Waals surface area contributed by atoms with Gasteiger partial charge < -0.3 is 14.7 Å². The van der Waals surface area contributed by atoms with E-state index in [9.17, 15) is 9.59 Å². The van der Waals surface area contributed by atoms with Crippen molar-refractivity contribution in [3.05, 3.63) is 53.6 Å². The van der Waals surface area contributed by atoms with Crippen LogP contribution >= 0.6 is 0 Å². The zero-order valence-electron chi connectivity index (χ0n) is 17.0. The smallest absolute Gasteiger partial charge is 0.272 e. The quantitative estimate of drug-likeness (QED) is 0.801. The monoisotopic (exact) mass is 393 g/mol. The van der Waals surface area contributed by atoms with Crippen LogP contribution in [0, 0.1) is 6.92 Å². The minimum absolute atomic E-state index is 0.0140. The molecule has 0 spiro atoms. The molecule has 4 rings (SSSR count). The zero-order valence-corrected chi connectivity index (χ0v) is 17.0. The SMILES string of the molecule is CC(=O)N1CCCC1c1cc(N2CCN(C(=O)c3ccccn3)CC2)cc(C)n1. The van der Waals surface area contributed by atoms with Crippen molar-refractivity contribution < 1.29 is 9.59 Å². The molecule has 2 fully saturated rings. The van der Waals surface area contributed by atoms with Gasteiger partial charge in [0.25, 0.3) is 5.91 Å². The molecule has 0 bridgehead atoms. The summed E-state index contributed by atoms with van der Waals surface area (Å²) in [6.07, 6.45) is 3.63. The molecule has 2 aromatic heterocycles. The second kappa shape index (κ2) is 8.19. The first-order valence-electron chi connectivity index (χ1n) is 10.2. The number of aryl methyl sites for hydroxylation is 1. The van der Waals surface area contributed by atoms with Crippen LogP contribution in [0.5, 0.6) is 0 Å². The molecule has 0 radical (unpaired) electrons. The Morgan fingerprint density at radius 2 is 1.86 bits per heavy atom. The van der Waals surface area contributed by atoms with Gasteiger partial charge in [0.05, 0.1) is 11.7 Å². The Hall–Kier alpha value is -2.96. The summed E-state index contributed by atoms with van der Waals surface area (Å²) in [6.45, 7) is 7.29. The molecule has 1 atom stereocenters. The summed E-state index contributed by atoms with van der Waals surface area (Å²) >= 11 is 0. The van der Waals surface area contributed by atoms with Gasteiger partial charge in [0, 0.05) is 57.2 Å². The molecule has 7 nitrogen and oxygen atoms in total. The molecule has 4 heterocycles. The van der Waals surface area contributed by atoms with Gasteiger partial charge in [-0.25, -0.2) is 0 Å². The molecule has 29 heavy (non-hydrogen) atoms. The van der Waals surface area contributed by atoms with E-state index >= 15 is 0 Å². The molecule has 0 saturated carbocycles. The average Bonchev–Trinajstić information content (AvgIpc) is 3.24. The Bertz CT molecular complexity index is 893. The highest BCUT2D eigenvalue weighted by atomic mass is 16.2. The highest BCUT2D eigenvalue weighted by Gasteiger charge is 2.30. The maximum Gasteiger partial charge on any atom is 0.272 e. The lowest BCUT2D eigenvalue weighted by atomic mass is 10.1. The predicted octanol–water partition coefficient (Wildman–Crippen LogP) is 2.43. The first-order valence-corrected chi connectivity index (χ1v) is 10.2. The molecule has 2 aliphatic rings. The van der Waals surface area contributed by atoms with E-state index in [-0.39, 0.29) is 17.9 Å². The van der Waals surface area contributed by atoms with Gasteiger partial charge in [-0.1, -0.05) is 6.07 Å². The normalized spacial score (nSPS) is 19.5. The van der Waals surface area contributed by atoms with Gasteiger partial charge in [-0.2, -0.15) is 0 Å². The number of carbonyl (C=O) groups is 2. The first-order chi connectivity index (χ1) is 14.0. The van der Waals surface area contributed by atoms with Crippen LogP contribution in [0.3, 0.4) is 0 Å². The second-order valence-corrected chi connectivity index (χ2v) is 7.76. The number of anilines is 1. The third kappa shape index (κ3) is 4.09. The summed E-state index contributed by atoms with van der Waals surface area (Å²) in [4.78, 5) is 39.6. The fourth-order valence-corrected chi connectivity index (χ4v) is 4.30. The summed E-state index contributed by atoms with van der Waals surface area (Å²) in [5.74, 6) is 0.0962. The number of nitrogens with zero attached hydrogens (tertiary/aromatic N) is 5. The van der Waals surface area contributed by atoms with Crippen LogP contribution in [-0.2, 0) is 4.79 Å². The van der Waals surface area contributed by atoms with Crippen LogP contribution in [0.2, 0.25) is 0 Å². The topological polar surface area (TPSA) is 69.6 Å². The number of amides is 2. The van der Waals surface area contributed by atoms with Crippen molar-refractivity contribution >= 4 is 17.5 Å². The molecule has 152 valence electrons. The van der Waals surface area contributed by atoms with E-state index in [0.29, 0.717) is 18.8 Å². The Kier molecular flexibility index (Phi) is 5.47. The third-order valence-corrected chi connectivity index (χ3v) is 5.77. The summed E-state index contributed by atoms with van der Waals surface area (Å²) in [5, 5.41) is 0. The van der Waals surface area contributed by atoms with Crippen molar-refractivity contribution in [2.45, 2.75) is 32.7 Å². The van der Waals surface area contributed by atoms with Gasteiger partial charge in [0.1, 0.15) is 5.69 Å². The summed E-state index contributed by atoms with van der Waals surface area (Å²) in [5.41, 5.74) is 3.54. The zero-order chi connectivity index (χ0) is 20.4. The minimum atomic E-state index is -0.0140. The van der Waals surface area contributed by atoms with E-state index in [1.807, 2.05) is 28.9 Å². The molecule has 2 aromatic rings. The van der Waals surface area contributed by atoms with Gasteiger partial charge in [0.2, 0.25) is 5.91 Å². The number of rotatable bonds is 3. The predicted molar refractivity (Wildman–Crippen MR) is 111 cm³/mol. The van der Waals surface area contributed by atoms with Crippen LogP contribution in [0.25, 0.3) is 0 Å².